The second kappa shape index (κ2) is 7.02. The minimum absolute atomic E-state index is 0.0949. The van der Waals surface area contributed by atoms with E-state index < -0.39 is 0 Å². The van der Waals surface area contributed by atoms with Gasteiger partial charge in [-0.2, -0.15) is 0 Å². The molecule has 1 aromatic carbocycles. The number of halogens is 1. The van der Waals surface area contributed by atoms with E-state index in [1.54, 1.807) is 19.1 Å². The molecule has 0 aliphatic carbocycles. The van der Waals surface area contributed by atoms with Gasteiger partial charge in [0.05, 0.1) is 30.3 Å². The predicted molar refractivity (Wildman–Crippen MR) is 73.1 cm³/mol. The molecule has 0 radical (unpaired) electrons. The van der Waals surface area contributed by atoms with E-state index in [2.05, 4.69) is 15.5 Å². The molecule has 1 N–H and O–H groups in total. The minimum atomic E-state index is -0.321. The Morgan fingerprint density at radius 3 is 2.95 bits per heavy atom. The molecule has 106 valence electrons. The summed E-state index contributed by atoms with van der Waals surface area (Å²) < 4.78 is 10.3. The number of hydrogen-bond acceptors (Lipinski definition) is 6. The maximum atomic E-state index is 11.1. The van der Waals surface area contributed by atoms with Crippen molar-refractivity contribution in [1.29, 1.82) is 0 Å². The maximum Gasteiger partial charge on any atom is 0.319 e. The number of carbonyl (C=O) groups is 1. The summed E-state index contributed by atoms with van der Waals surface area (Å²) >= 11 is 6.04. The van der Waals surface area contributed by atoms with Gasteiger partial charge in [0.25, 0.3) is 0 Å². The van der Waals surface area contributed by atoms with E-state index in [0.29, 0.717) is 29.0 Å². The normalized spacial score (nSPS) is 10.5. The molecule has 0 unspecified atom stereocenters. The average Bonchev–Trinajstić information content (AvgIpc) is 2.88. The van der Waals surface area contributed by atoms with Gasteiger partial charge in [-0.15, -0.1) is 10.2 Å². The van der Waals surface area contributed by atoms with Gasteiger partial charge in [0, 0.05) is 0 Å². The van der Waals surface area contributed by atoms with E-state index in [0.717, 1.165) is 0 Å². The molecule has 1 aromatic heterocycles. The SMILES string of the molecule is CCOC(=O)CNCc1nnc(-c2ccccc2Cl)o1. The highest BCUT2D eigenvalue weighted by Crippen LogP contribution is 2.25. The standard InChI is InChI=1S/C13H14ClN3O3/c1-2-19-12(18)8-15-7-11-16-17-13(20-11)9-5-3-4-6-10(9)14/h3-6,15H,2,7-8H2,1H3. The second-order valence-corrected chi connectivity index (χ2v) is 4.30. The van der Waals surface area contributed by atoms with Crippen molar-refractivity contribution in [2.24, 2.45) is 0 Å². The molecule has 0 saturated heterocycles. The Bertz CT molecular complexity index is 586. The molecular weight excluding hydrogens is 282 g/mol. The Morgan fingerprint density at radius 1 is 1.40 bits per heavy atom. The zero-order valence-corrected chi connectivity index (χ0v) is 11.7. The molecule has 0 bridgehead atoms. The molecule has 0 aliphatic rings. The van der Waals surface area contributed by atoms with Crippen LogP contribution in [0.1, 0.15) is 12.8 Å². The van der Waals surface area contributed by atoms with Crippen molar-refractivity contribution in [2.75, 3.05) is 13.2 Å². The van der Waals surface area contributed by atoms with E-state index in [1.807, 2.05) is 12.1 Å². The molecule has 0 atom stereocenters. The van der Waals surface area contributed by atoms with Gasteiger partial charge in [-0.25, -0.2) is 0 Å². The lowest BCUT2D eigenvalue weighted by Crippen LogP contribution is -2.24. The van der Waals surface area contributed by atoms with Crippen molar-refractivity contribution in [3.8, 4) is 11.5 Å². The zero-order valence-electron chi connectivity index (χ0n) is 10.9. The van der Waals surface area contributed by atoms with Gasteiger partial charge in [-0.3, -0.25) is 10.1 Å². The van der Waals surface area contributed by atoms with Crippen molar-refractivity contribution in [2.45, 2.75) is 13.5 Å². The van der Waals surface area contributed by atoms with Crippen LogP contribution in [-0.2, 0) is 16.1 Å². The lowest BCUT2D eigenvalue weighted by molar-refractivity contribution is -0.142. The first-order valence-corrected chi connectivity index (χ1v) is 6.52. The Labute approximate surface area is 121 Å². The van der Waals surface area contributed by atoms with Crippen LogP contribution < -0.4 is 5.32 Å². The van der Waals surface area contributed by atoms with Crippen LogP contribution in [0.25, 0.3) is 11.5 Å². The van der Waals surface area contributed by atoms with Crippen LogP contribution in [0.5, 0.6) is 0 Å². The van der Waals surface area contributed by atoms with Crippen LogP contribution in [0.2, 0.25) is 5.02 Å². The summed E-state index contributed by atoms with van der Waals surface area (Å²) in [7, 11) is 0. The molecule has 2 aromatic rings. The number of ether oxygens (including phenoxy) is 1. The molecule has 20 heavy (non-hydrogen) atoms. The Morgan fingerprint density at radius 2 is 2.20 bits per heavy atom. The summed E-state index contributed by atoms with van der Waals surface area (Å²) in [6.07, 6.45) is 0. The molecule has 2 rings (SSSR count). The lowest BCUT2D eigenvalue weighted by Gasteiger charge is -2.01. The van der Waals surface area contributed by atoms with Crippen molar-refractivity contribution in [1.82, 2.24) is 15.5 Å². The summed E-state index contributed by atoms with van der Waals surface area (Å²) in [5.41, 5.74) is 0.679. The first kappa shape index (κ1) is 14.5. The van der Waals surface area contributed by atoms with Crippen LogP contribution in [0, 0.1) is 0 Å². The van der Waals surface area contributed by atoms with Gasteiger partial charge < -0.3 is 9.15 Å². The minimum Gasteiger partial charge on any atom is -0.465 e. The largest absolute Gasteiger partial charge is 0.465 e. The third-order valence-corrected chi connectivity index (χ3v) is 2.75. The van der Waals surface area contributed by atoms with Crippen LogP contribution in [-0.4, -0.2) is 29.3 Å². The lowest BCUT2D eigenvalue weighted by atomic mass is 10.2. The molecule has 6 nitrogen and oxygen atoms in total. The number of benzene rings is 1. The monoisotopic (exact) mass is 295 g/mol. The van der Waals surface area contributed by atoms with Crippen molar-refractivity contribution < 1.29 is 13.9 Å². The molecule has 1 heterocycles. The average molecular weight is 296 g/mol. The predicted octanol–water partition coefficient (Wildman–Crippen LogP) is 2.04. The molecule has 0 fully saturated rings. The third-order valence-electron chi connectivity index (χ3n) is 2.42. The fourth-order valence-electron chi connectivity index (χ4n) is 1.55. The summed E-state index contributed by atoms with van der Waals surface area (Å²) in [5.74, 6) is 0.408. The number of nitrogens with one attached hydrogen (secondary N) is 1. The highest BCUT2D eigenvalue weighted by atomic mass is 35.5. The third kappa shape index (κ3) is 3.79. The number of nitrogens with zero attached hydrogens (tertiary/aromatic N) is 2. The quantitative estimate of drug-likeness (QED) is 0.822. The number of esters is 1. The van der Waals surface area contributed by atoms with Crippen molar-refractivity contribution in [3.63, 3.8) is 0 Å². The highest BCUT2D eigenvalue weighted by Gasteiger charge is 2.11. The van der Waals surface area contributed by atoms with Gasteiger partial charge in [-0.1, -0.05) is 23.7 Å². The molecular formula is C13H14ClN3O3. The molecule has 0 saturated carbocycles. The topological polar surface area (TPSA) is 77.2 Å². The van der Waals surface area contributed by atoms with Gasteiger partial charge in [0.1, 0.15) is 0 Å². The number of aromatic nitrogens is 2. The van der Waals surface area contributed by atoms with Gasteiger partial charge in [0.15, 0.2) is 0 Å². The van der Waals surface area contributed by atoms with E-state index in [-0.39, 0.29) is 19.1 Å². The van der Waals surface area contributed by atoms with E-state index in [1.165, 1.54) is 0 Å². The highest BCUT2D eigenvalue weighted by molar-refractivity contribution is 6.33. The van der Waals surface area contributed by atoms with Crippen LogP contribution >= 0.6 is 11.6 Å². The van der Waals surface area contributed by atoms with Gasteiger partial charge in [0.2, 0.25) is 11.8 Å². The first-order chi connectivity index (χ1) is 9.70. The Balaban J connectivity index is 1.93. The van der Waals surface area contributed by atoms with E-state index in [9.17, 15) is 4.79 Å². The second-order valence-electron chi connectivity index (χ2n) is 3.89. The first-order valence-electron chi connectivity index (χ1n) is 6.14. The zero-order chi connectivity index (χ0) is 14.4. The van der Waals surface area contributed by atoms with E-state index >= 15 is 0 Å². The van der Waals surface area contributed by atoms with Crippen molar-refractivity contribution in [3.05, 3.63) is 35.2 Å². The van der Waals surface area contributed by atoms with Crippen molar-refractivity contribution >= 4 is 17.6 Å². The fraction of sp³-hybridized carbons (Fsp3) is 0.308. The van der Waals surface area contributed by atoms with E-state index in [4.69, 9.17) is 20.8 Å². The summed E-state index contributed by atoms with van der Waals surface area (Å²) in [4.78, 5) is 11.1. The molecule has 0 spiro atoms. The van der Waals surface area contributed by atoms with Gasteiger partial charge in [-0.05, 0) is 19.1 Å². The summed E-state index contributed by atoms with van der Waals surface area (Å²) in [6.45, 7) is 2.50. The number of hydrogen-bond donors (Lipinski definition) is 1. The smallest absolute Gasteiger partial charge is 0.319 e. The molecule has 7 heteroatoms. The molecule has 0 amide bonds. The number of carbonyl (C=O) groups excluding carboxylic acids is 1. The maximum absolute atomic E-state index is 11.1. The summed E-state index contributed by atoms with van der Waals surface area (Å²) in [5, 5.41) is 11.2. The number of rotatable bonds is 6. The fourth-order valence-corrected chi connectivity index (χ4v) is 1.77. The van der Waals surface area contributed by atoms with Crippen LogP contribution in [0.4, 0.5) is 0 Å². The Hall–Kier alpha value is -1.92. The van der Waals surface area contributed by atoms with Crippen LogP contribution in [0.3, 0.4) is 0 Å². The molecule has 0 aliphatic heterocycles. The van der Waals surface area contributed by atoms with Gasteiger partial charge >= 0.3 is 5.97 Å². The summed E-state index contributed by atoms with van der Waals surface area (Å²) in [6, 6.07) is 7.21. The Kier molecular flexibility index (Phi) is 5.09. The van der Waals surface area contributed by atoms with Crippen LogP contribution in [0.15, 0.2) is 28.7 Å².